The summed E-state index contributed by atoms with van der Waals surface area (Å²) in [5, 5.41) is 14.6. The molecule has 2 amide bonds. The van der Waals surface area contributed by atoms with Gasteiger partial charge in [0.25, 0.3) is 0 Å². The Kier molecular flexibility index (Phi) is 5.63. The fourth-order valence-corrected chi connectivity index (χ4v) is 2.39. The number of carboxylic acid groups (broad SMARTS) is 1. The lowest BCUT2D eigenvalue weighted by Gasteiger charge is -2.28. The van der Waals surface area contributed by atoms with Gasteiger partial charge in [0.1, 0.15) is 6.04 Å². The number of hydrogen-bond acceptors (Lipinski definition) is 2. The highest BCUT2D eigenvalue weighted by molar-refractivity contribution is 5.82. The molecule has 0 aromatic carbocycles. The van der Waals surface area contributed by atoms with Crippen LogP contribution in [-0.4, -0.2) is 29.7 Å². The molecule has 0 spiro atoms. The molecule has 1 rings (SSSR count). The number of nitrogens with one attached hydrogen (secondary N) is 2. The van der Waals surface area contributed by atoms with Crippen molar-refractivity contribution in [3.05, 3.63) is 0 Å². The van der Waals surface area contributed by atoms with Crippen molar-refractivity contribution >= 4 is 12.0 Å². The van der Waals surface area contributed by atoms with E-state index >= 15 is 0 Å². The van der Waals surface area contributed by atoms with Crippen molar-refractivity contribution in [2.45, 2.75) is 58.9 Å². The first-order chi connectivity index (χ1) is 8.79. The molecule has 0 saturated heterocycles. The van der Waals surface area contributed by atoms with Crippen molar-refractivity contribution in [1.29, 1.82) is 0 Å². The lowest BCUT2D eigenvalue weighted by atomic mass is 9.84. The Morgan fingerprint density at radius 3 is 2.26 bits per heavy atom. The Labute approximate surface area is 115 Å². The highest BCUT2D eigenvalue weighted by Crippen LogP contribution is 2.26. The first kappa shape index (κ1) is 15.8. The summed E-state index contributed by atoms with van der Waals surface area (Å²) in [6.07, 6.45) is 5.05. The van der Waals surface area contributed by atoms with Gasteiger partial charge in [-0.1, -0.05) is 40.0 Å². The summed E-state index contributed by atoms with van der Waals surface area (Å²) in [4.78, 5) is 23.1. The Bertz CT molecular complexity index is 317. The van der Waals surface area contributed by atoms with Gasteiger partial charge in [0.2, 0.25) is 0 Å². The third-order valence-corrected chi connectivity index (χ3v) is 3.45. The lowest BCUT2D eigenvalue weighted by molar-refractivity contribution is -0.141. The van der Waals surface area contributed by atoms with E-state index in [1.165, 1.54) is 6.42 Å². The summed E-state index contributed by atoms with van der Waals surface area (Å²) in [6, 6.07) is -1.15. The molecule has 0 aromatic heterocycles. The molecule has 19 heavy (non-hydrogen) atoms. The molecule has 5 heteroatoms. The Balaban J connectivity index is 2.48. The lowest BCUT2D eigenvalue weighted by Crippen LogP contribution is -2.51. The summed E-state index contributed by atoms with van der Waals surface area (Å²) in [5.74, 6) is -0.871. The number of amides is 2. The Morgan fingerprint density at radius 1 is 1.21 bits per heavy atom. The number of carboxylic acids is 1. The minimum Gasteiger partial charge on any atom is -0.480 e. The van der Waals surface area contributed by atoms with Gasteiger partial charge in [0.05, 0.1) is 0 Å². The van der Waals surface area contributed by atoms with Crippen molar-refractivity contribution in [2.24, 2.45) is 11.3 Å². The van der Waals surface area contributed by atoms with Crippen LogP contribution in [0, 0.1) is 11.3 Å². The van der Waals surface area contributed by atoms with E-state index in [1.807, 2.05) is 20.8 Å². The van der Waals surface area contributed by atoms with Gasteiger partial charge in [-0.3, -0.25) is 0 Å². The number of urea groups is 1. The van der Waals surface area contributed by atoms with Crippen molar-refractivity contribution in [1.82, 2.24) is 10.6 Å². The summed E-state index contributed by atoms with van der Waals surface area (Å²) in [6.45, 7) is 6.57. The van der Waals surface area contributed by atoms with Crippen molar-refractivity contribution in [3.63, 3.8) is 0 Å². The number of rotatable bonds is 4. The third kappa shape index (κ3) is 5.94. The number of aliphatic carboxylic acids is 1. The standard InChI is InChI=1S/C14H26N2O3/c1-14(2,3)9-15-13(19)16-11(12(17)18)10-7-5-4-6-8-10/h10-11H,4-9H2,1-3H3,(H,17,18)(H2,15,16,19). The smallest absolute Gasteiger partial charge is 0.326 e. The fraction of sp³-hybridized carbons (Fsp3) is 0.857. The van der Waals surface area contributed by atoms with E-state index in [4.69, 9.17) is 0 Å². The molecule has 1 aliphatic carbocycles. The van der Waals surface area contributed by atoms with Crippen LogP contribution in [0.1, 0.15) is 52.9 Å². The highest BCUT2D eigenvalue weighted by atomic mass is 16.4. The first-order valence-corrected chi connectivity index (χ1v) is 7.07. The molecule has 3 N–H and O–H groups in total. The monoisotopic (exact) mass is 270 g/mol. The number of carbonyl (C=O) groups is 2. The minimum absolute atomic E-state index is 0.0130. The van der Waals surface area contributed by atoms with Crippen molar-refractivity contribution < 1.29 is 14.7 Å². The fourth-order valence-electron chi connectivity index (χ4n) is 2.39. The third-order valence-electron chi connectivity index (χ3n) is 3.45. The van der Waals surface area contributed by atoms with Gasteiger partial charge in [-0.25, -0.2) is 9.59 Å². The molecule has 5 nitrogen and oxygen atoms in total. The van der Waals surface area contributed by atoms with Gasteiger partial charge in [0, 0.05) is 6.54 Å². The molecule has 0 heterocycles. The summed E-state index contributed by atoms with van der Waals surface area (Å²) >= 11 is 0. The molecule has 1 aliphatic rings. The molecule has 0 aromatic rings. The molecule has 0 bridgehead atoms. The molecule has 1 fully saturated rings. The van der Waals surface area contributed by atoms with Gasteiger partial charge in [-0.2, -0.15) is 0 Å². The average Bonchev–Trinajstić information content (AvgIpc) is 2.33. The second-order valence-corrected chi connectivity index (χ2v) is 6.60. The van der Waals surface area contributed by atoms with Gasteiger partial charge >= 0.3 is 12.0 Å². The van der Waals surface area contributed by atoms with E-state index in [1.54, 1.807) is 0 Å². The normalized spacial score (nSPS) is 18.7. The zero-order chi connectivity index (χ0) is 14.5. The van der Waals surface area contributed by atoms with Gasteiger partial charge in [-0.05, 0) is 24.2 Å². The summed E-state index contributed by atoms with van der Waals surface area (Å²) in [5.41, 5.74) is -0.0130. The molecule has 0 aliphatic heterocycles. The van der Waals surface area contributed by atoms with Crippen molar-refractivity contribution in [3.8, 4) is 0 Å². The van der Waals surface area contributed by atoms with Crippen molar-refractivity contribution in [2.75, 3.05) is 6.54 Å². The molecule has 1 unspecified atom stereocenters. The molecular weight excluding hydrogens is 244 g/mol. The van der Waals surface area contributed by atoms with Crippen LogP contribution in [0.2, 0.25) is 0 Å². The number of hydrogen-bond donors (Lipinski definition) is 3. The molecule has 0 radical (unpaired) electrons. The van der Waals surface area contributed by atoms with Crippen LogP contribution in [-0.2, 0) is 4.79 Å². The number of carbonyl (C=O) groups excluding carboxylic acids is 1. The van der Waals surface area contributed by atoms with E-state index in [2.05, 4.69) is 10.6 Å². The predicted molar refractivity (Wildman–Crippen MR) is 74.0 cm³/mol. The summed E-state index contributed by atoms with van der Waals surface area (Å²) in [7, 11) is 0. The Hall–Kier alpha value is -1.26. The maximum Gasteiger partial charge on any atom is 0.326 e. The maximum absolute atomic E-state index is 11.8. The quantitative estimate of drug-likeness (QED) is 0.733. The van der Waals surface area contributed by atoms with Crippen LogP contribution < -0.4 is 10.6 Å². The van der Waals surface area contributed by atoms with E-state index in [0.29, 0.717) is 6.54 Å². The van der Waals surface area contributed by atoms with E-state index in [0.717, 1.165) is 25.7 Å². The van der Waals surface area contributed by atoms with E-state index in [9.17, 15) is 14.7 Å². The van der Waals surface area contributed by atoms with Crippen LogP contribution in [0.15, 0.2) is 0 Å². The van der Waals surface area contributed by atoms with Crippen LogP contribution in [0.3, 0.4) is 0 Å². The van der Waals surface area contributed by atoms with E-state index in [-0.39, 0.29) is 17.4 Å². The molecular formula is C14H26N2O3. The van der Waals surface area contributed by atoms with Crippen LogP contribution >= 0.6 is 0 Å². The van der Waals surface area contributed by atoms with E-state index < -0.39 is 12.0 Å². The molecule has 1 saturated carbocycles. The highest BCUT2D eigenvalue weighted by Gasteiger charge is 2.30. The minimum atomic E-state index is -0.933. The topological polar surface area (TPSA) is 78.4 Å². The second-order valence-electron chi connectivity index (χ2n) is 6.60. The molecule has 1 atom stereocenters. The maximum atomic E-state index is 11.8. The predicted octanol–water partition coefficient (Wildman–Crippen LogP) is 2.37. The van der Waals surface area contributed by atoms with Crippen LogP contribution in [0.5, 0.6) is 0 Å². The van der Waals surface area contributed by atoms with Gasteiger partial charge in [0.15, 0.2) is 0 Å². The SMILES string of the molecule is CC(C)(C)CNC(=O)NC(C(=O)O)C1CCCCC1. The zero-order valence-corrected chi connectivity index (χ0v) is 12.2. The van der Waals surface area contributed by atoms with Gasteiger partial charge < -0.3 is 15.7 Å². The largest absolute Gasteiger partial charge is 0.480 e. The first-order valence-electron chi connectivity index (χ1n) is 7.07. The van der Waals surface area contributed by atoms with Crippen LogP contribution in [0.4, 0.5) is 4.79 Å². The second kappa shape index (κ2) is 6.78. The summed E-state index contributed by atoms with van der Waals surface area (Å²) < 4.78 is 0. The average molecular weight is 270 g/mol. The van der Waals surface area contributed by atoms with Crippen LogP contribution in [0.25, 0.3) is 0 Å². The Morgan fingerprint density at radius 2 is 1.79 bits per heavy atom. The molecule has 110 valence electrons. The van der Waals surface area contributed by atoms with Gasteiger partial charge in [-0.15, -0.1) is 0 Å². The zero-order valence-electron chi connectivity index (χ0n) is 12.2.